The summed E-state index contributed by atoms with van der Waals surface area (Å²) in [6.07, 6.45) is 4.49. The average molecular weight is 302 g/mol. The maximum atomic E-state index is 9.40. The minimum absolute atomic E-state index is 0.310. The number of hydrogen-bond acceptors (Lipinski definition) is 4. The lowest BCUT2D eigenvalue weighted by Crippen LogP contribution is -2.06. The first-order valence-electron chi connectivity index (χ1n) is 7.11. The zero-order valence-corrected chi connectivity index (χ0v) is 12.9. The third kappa shape index (κ3) is 2.52. The molecular formula is C15H16ClN5. The molecule has 21 heavy (non-hydrogen) atoms. The minimum Gasteiger partial charge on any atom is -0.216 e. The van der Waals surface area contributed by atoms with Gasteiger partial charge in [0, 0.05) is 17.3 Å². The van der Waals surface area contributed by atoms with E-state index in [1.54, 1.807) is 0 Å². The van der Waals surface area contributed by atoms with Crippen LogP contribution in [0.15, 0.2) is 6.07 Å². The van der Waals surface area contributed by atoms with Crippen LogP contribution in [-0.2, 0) is 0 Å². The maximum absolute atomic E-state index is 9.40. The normalized spacial score (nSPS) is 15.3. The number of rotatable bonds is 2. The van der Waals surface area contributed by atoms with Crippen molar-refractivity contribution in [1.29, 1.82) is 5.26 Å². The summed E-state index contributed by atoms with van der Waals surface area (Å²) in [7, 11) is 0. The number of aromatic nitrogens is 4. The van der Waals surface area contributed by atoms with Gasteiger partial charge in [-0.1, -0.05) is 24.4 Å². The Hall–Kier alpha value is -1.93. The molecule has 2 heterocycles. The van der Waals surface area contributed by atoms with Gasteiger partial charge in [0.05, 0.1) is 5.69 Å². The van der Waals surface area contributed by atoms with Gasteiger partial charge in [-0.15, -0.1) is 0 Å². The lowest BCUT2D eigenvalue weighted by molar-refractivity contribution is 0.669. The summed E-state index contributed by atoms with van der Waals surface area (Å²) in [5.41, 5.74) is 2.96. The first-order chi connectivity index (χ1) is 10.1. The SMILES string of the molecule is Cc1cc(C)nc(-n2nc(C3CCCC3)c(C#N)c2Cl)n1. The first-order valence-corrected chi connectivity index (χ1v) is 7.49. The van der Waals surface area contributed by atoms with Crippen molar-refractivity contribution in [2.45, 2.75) is 45.4 Å². The summed E-state index contributed by atoms with van der Waals surface area (Å²) in [6.45, 7) is 3.80. The van der Waals surface area contributed by atoms with Gasteiger partial charge in [-0.25, -0.2) is 9.97 Å². The lowest BCUT2D eigenvalue weighted by atomic mass is 10.0. The van der Waals surface area contributed by atoms with E-state index in [0.717, 1.165) is 29.9 Å². The molecule has 1 saturated carbocycles. The van der Waals surface area contributed by atoms with Crippen LogP contribution in [0.2, 0.25) is 5.15 Å². The van der Waals surface area contributed by atoms with E-state index >= 15 is 0 Å². The van der Waals surface area contributed by atoms with Gasteiger partial charge in [0.25, 0.3) is 5.95 Å². The fourth-order valence-corrected chi connectivity index (χ4v) is 3.19. The smallest absolute Gasteiger partial charge is 0.216 e. The third-order valence-corrected chi connectivity index (χ3v) is 4.22. The van der Waals surface area contributed by atoms with E-state index in [-0.39, 0.29) is 0 Å². The van der Waals surface area contributed by atoms with Gasteiger partial charge < -0.3 is 0 Å². The van der Waals surface area contributed by atoms with Gasteiger partial charge in [0.15, 0.2) is 5.15 Å². The molecule has 5 nitrogen and oxygen atoms in total. The van der Waals surface area contributed by atoms with Gasteiger partial charge in [-0.3, -0.25) is 0 Å². The molecule has 0 aliphatic heterocycles. The van der Waals surface area contributed by atoms with E-state index < -0.39 is 0 Å². The minimum atomic E-state index is 0.310. The third-order valence-electron chi connectivity index (χ3n) is 3.87. The van der Waals surface area contributed by atoms with Gasteiger partial charge >= 0.3 is 0 Å². The average Bonchev–Trinajstić information content (AvgIpc) is 3.04. The number of halogens is 1. The van der Waals surface area contributed by atoms with Crippen molar-refractivity contribution in [1.82, 2.24) is 19.7 Å². The van der Waals surface area contributed by atoms with Crippen LogP contribution < -0.4 is 0 Å². The van der Waals surface area contributed by atoms with Crippen LogP contribution in [-0.4, -0.2) is 19.7 Å². The van der Waals surface area contributed by atoms with Gasteiger partial charge in [0.1, 0.15) is 11.6 Å². The summed E-state index contributed by atoms with van der Waals surface area (Å²) in [4.78, 5) is 8.75. The first kappa shape index (κ1) is 14.0. The largest absolute Gasteiger partial charge is 0.252 e. The molecule has 0 amide bonds. The maximum Gasteiger partial charge on any atom is 0.252 e. The molecule has 108 valence electrons. The summed E-state index contributed by atoms with van der Waals surface area (Å²) in [5.74, 6) is 0.752. The van der Waals surface area contributed by atoms with Crippen molar-refractivity contribution < 1.29 is 0 Å². The van der Waals surface area contributed by atoms with E-state index in [9.17, 15) is 5.26 Å². The molecule has 0 bridgehead atoms. The van der Waals surface area contributed by atoms with Crippen molar-refractivity contribution in [2.24, 2.45) is 0 Å². The Kier molecular flexibility index (Phi) is 3.64. The molecule has 1 aliphatic carbocycles. The number of aryl methyl sites for hydroxylation is 2. The summed E-state index contributed by atoms with van der Waals surface area (Å²) < 4.78 is 1.49. The number of hydrogen-bond donors (Lipinski definition) is 0. The van der Waals surface area contributed by atoms with Crippen molar-refractivity contribution >= 4 is 11.6 Å². The highest BCUT2D eigenvalue weighted by Crippen LogP contribution is 2.37. The second-order valence-electron chi connectivity index (χ2n) is 5.51. The molecule has 0 saturated heterocycles. The Labute approximate surface area is 128 Å². The molecule has 0 aromatic carbocycles. The van der Waals surface area contributed by atoms with Crippen LogP contribution in [0, 0.1) is 25.2 Å². The molecule has 1 fully saturated rings. The van der Waals surface area contributed by atoms with E-state index in [1.165, 1.54) is 17.5 Å². The molecule has 0 spiro atoms. The van der Waals surface area contributed by atoms with Gasteiger partial charge in [0.2, 0.25) is 0 Å². The second kappa shape index (κ2) is 5.45. The molecule has 0 N–H and O–H groups in total. The highest BCUT2D eigenvalue weighted by Gasteiger charge is 2.27. The van der Waals surface area contributed by atoms with E-state index in [0.29, 0.717) is 22.6 Å². The highest BCUT2D eigenvalue weighted by atomic mass is 35.5. The van der Waals surface area contributed by atoms with Crippen LogP contribution in [0.1, 0.15) is 54.2 Å². The van der Waals surface area contributed by atoms with Gasteiger partial charge in [-0.05, 0) is 32.8 Å². The van der Waals surface area contributed by atoms with Crippen LogP contribution in [0.4, 0.5) is 0 Å². The molecule has 2 aromatic heterocycles. The number of nitrogens with zero attached hydrogens (tertiary/aromatic N) is 5. The zero-order valence-electron chi connectivity index (χ0n) is 12.1. The predicted molar refractivity (Wildman–Crippen MR) is 79.6 cm³/mol. The van der Waals surface area contributed by atoms with Crippen LogP contribution >= 0.6 is 11.6 Å². The fraction of sp³-hybridized carbons (Fsp3) is 0.467. The Balaban J connectivity index is 2.13. The summed E-state index contributed by atoms with van der Waals surface area (Å²) >= 11 is 6.35. The van der Waals surface area contributed by atoms with Crippen molar-refractivity contribution in [3.63, 3.8) is 0 Å². The van der Waals surface area contributed by atoms with Crippen LogP contribution in [0.3, 0.4) is 0 Å². The topological polar surface area (TPSA) is 67.4 Å². The highest BCUT2D eigenvalue weighted by molar-refractivity contribution is 6.31. The van der Waals surface area contributed by atoms with Crippen molar-refractivity contribution in [3.05, 3.63) is 33.9 Å². The van der Waals surface area contributed by atoms with Crippen LogP contribution in [0.5, 0.6) is 0 Å². The van der Waals surface area contributed by atoms with E-state index in [2.05, 4.69) is 21.1 Å². The summed E-state index contributed by atoms with van der Waals surface area (Å²) in [5, 5.41) is 14.3. The molecule has 1 aliphatic rings. The Bertz CT molecular complexity index is 702. The standard InChI is InChI=1S/C15H16ClN5/c1-9-7-10(2)19-15(18-9)21-14(16)12(8-17)13(20-21)11-5-3-4-6-11/h7,11H,3-6H2,1-2H3. The second-order valence-corrected chi connectivity index (χ2v) is 5.86. The molecule has 3 rings (SSSR count). The van der Waals surface area contributed by atoms with Gasteiger partial charge in [-0.2, -0.15) is 15.0 Å². The predicted octanol–water partition coefficient (Wildman–Crippen LogP) is 3.46. The monoisotopic (exact) mass is 301 g/mol. The molecule has 6 heteroatoms. The van der Waals surface area contributed by atoms with E-state index in [4.69, 9.17) is 11.6 Å². The number of nitriles is 1. The fourth-order valence-electron chi connectivity index (χ4n) is 2.94. The lowest BCUT2D eigenvalue weighted by Gasteiger charge is -2.05. The Morgan fingerprint density at radius 2 is 1.86 bits per heavy atom. The molecular weight excluding hydrogens is 286 g/mol. The quantitative estimate of drug-likeness (QED) is 0.852. The molecule has 0 radical (unpaired) electrons. The Morgan fingerprint density at radius 1 is 1.24 bits per heavy atom. The van der Waals surface area contributed by atoms with Crippen LogP contribution in [0.25, 0.3) is 5.95 Å². The van der Waals surface area contributed by atoms with E-state index in [1.807, 2.05) is 19.9 Å². The van der Waals surface area contributed by atoms with Crippen molar-refractivity contribution in [2.75, 3.05) is 0 Å². The molecule has 0 atom stereocenters. The molecule has 2 aromatic rings. The summed E-state index contributed by atoms with van der Waals surface area (Å²) in [6, 6.07) is 4.08. The zero-order chi connectivity index (χ0) is 15.0. The van der Waals surface area contributed by atoms with Crippen molar-refractivity contribution in [3.8, 4) is 12.0 Å². The Morgan fingerprint density at radius 3 is 2.43 bits per heavy atom. The molecule has 0 unspecified atom stereocenters.